The number of aliphatic hydroxyl groups excluding tert-OH is 1. The minimum atomic E-state index is -0.422. The first kappa shape index (κ1) is 12.1. The van der Waals surface area contributed by atoms with Gasteiger partial charge in [-0.25, -0.2) is 0 Å². The summed E-state index contributed by atoms with van der Waals surface area (Å²) in [4.78, 5) is 3.99. The summed E-state index contributed by atoms with van der Waals surface area (Å²) in [7, 11) is 0. The molecule has 3 rings (SSSR count). The molecule has 2 aliphatic rings. The van der Waals surface area contributed by atoms with Crippen molar-refractivity contribution in [2.75, 3.05) is 19.8 Å². The second-order valence-corrected chi connectivity index (χ2v) is 5.31. The Balaban J connectivity index is 1.72. The van der Waals surface area contributed by atoms with Gasteiger partial charge in [0.15, 0.2) is 0 Å². The highest BCUT2D eigenvalue weighted by atomic mass is 16.6. The van der Waals surface area contributed by atoms with Gasteiger partial charge in [0.2, 0.25) is 0 Å². The highest BCUT2D eigenvalue weighted by Gasteiger charge is 2.42. The van der Waals surface area contributed by atoms with Crippen LogP contribution < -0.4 is 0 Å². The molecule has 98 valence electrons. The molecule has 2 saturated heterocycles. The van der Waals surface area contributed by atoms with E-state index in [9.17, 15) is 5.11 Å². The van der Waals surface area contributed by atoms with E-state index >= 15 is 0 Å². The molecule has 0 saturated carbocycles. The van der Waals surface area contributed by atoms with Crippen LogP contribution in [-0.2, 0) is 9.47 Å². The number of pyridine rings is 1. The molecular formula is C14H19NO3. The molecular weight excluding hydrogens is 230 g/mol. The fourth-order valence-electron chi connectivity index (χ4n) is 3.03. The third-order valence-corrected chi connectivity index (χ3v) is 4.09. The molecule has 2 aliphatic heterocycles. The van der Waals surface area contributed by atoms with Crippen molar-refractivity contribution in [1.82, 2.24) is 4.98 Å². The Morgan fingerprint density at radius 1 is 1.33 bits per heavy atom. The highest BCUT2D eigenvalue weighted by Crippen LogP contribution is 2.40. The molecule has 0 aliphatic carbocycles. The molecule has 3 unspecified atom stereocenters. The maximum atomic E-state index is 10.5. The van der Waals surface area contributed by atoms with E-state index in [2.05, 4.69) is 4.98 Å². The van der Waals surface area contributed by atoms with Crippen molar-refractivity contribution in [3.63, 3.8) is 0 Å². The Kier molecular flexibility index (Phi) is 3.33. The van der Waals surface area contributed by atoms with Crippen molar-refractivity contribution in [3.05, 3.63) is 30.1 Å². The number of aromatic nitrogens is 1. The monoisotopic (exact) mass is 249 g/mol. The fourth-order valence-corrected chi connectivity index (χ4v) is 3.03. The van der Waals surface area contributed by atoms with Gasteiger partial charge in [0, 0.05) is 32.0 Å². The molecule has 0 amide bonds. The minimum absolute atomic E-state index is 0.142. The lowest BCUT2D eigenvalue weighted by Gasteiger charge is -2.39. The smallest absolute Gasteiger partial charge is 0.0940 e. The second-order valence-electron chi connectivity index (χ2n) is 5.31. The van der Waals surface area contributed by atoms with Gasteiger partial charge in [-0.1, -0.05) is 0 Å². The molecule has 1 aromatic rings. The topological polar surface area (TPSA) is 51.6 Å². The van der Waals surface area contributed by atoms with E-state index in [4.69, 9.17) is 9.47 Å². The molecule has 4 nitrogen and oxygen atoms in total. The van der Waals surface area contributed by atoms with Crippen molar-refractivity contribution in [1.29, 1.82) is 0 Å². The Bertz CT molecular complexity index is 389. The standard InChI is InChI=1S/C14H19NO3/c16-13(11-1-5-15-6-2-11)12-3-7-18-14(9-12)4-8-17-10-14/h1-2,5-6,12-13,16H,3-4,7-10H2. The number of hydrogen-bond donors (Lipinski definition) is 1. The number of aliphatic hydroxyl groups is 1. The second kappa shape index (κ2) is 4.96. The minimum Gasteiger partial charge on any atom is -0.388 e. The van der Waals surface area contributed by atoms with Crippen molar-refractivity contribution < 1.29 is 14.6 Å². The van der Waals surface area contributed by atoms with Gasteiger partial charge in [0.25, 0.3) is 0 Å². The molecule has 0 aromatic carbocycles. The largest absolute Gasteiger partial charge is 0.388 e. The maximum absolute atomic E-state index is 10.5. The fraction of sp³-hybridized carbons (Fsp3) is 0.643. The zero-order valence-electron chi connectivity index (χ0n) is 10.4. The van der Waals surface area contributed by atoms with Crippen LogP contribution in [0, 0.1) is 5.92 Å². The van der Waals surface area contributed by atoms with E-state index in [0.717, 1.165) is 38.0 Å². The Labute approximate surface area is 107 Å². The molecule has 3 atom stereocenters. The summed E-state index contributed by atoms with van der Waals surface area (Å²) in [5.41, 5.74) is 0.808. The third kappa shape index (κ3) is 2.28. The van der Waals surface area contributed by atoms with Crippen LogP contribution >= 0.6 is 0 Å². The molecule has 0 bridgehead atoms. The van der Waals surface area contributed by atoms with Crippen LogP contribution in [0.3, 0.4) is 0 Å². The highest BCUT2D eigenvalue weighted by molar-refractivity contribution is 5.14. The maximum Gasteiger partial charge on any atom is 0.0940 e. The van der Waals surface area contributed by atoms with Crippen LogP contribution in [0.2, 0.25) is 0 Å². The number of hydrogen-bond acceptors (Lipinski definition) is 4. The van der Waals surface area contributed by atoms with Gasteiger partial charge in [0.05, 0.1) is 18.3 Å². The van der Waals surface area contributed by atoms with E-state index < -0.39 is 6.10 Å². The summed E-state index contributed by atoms with van der Waals surface area (Å²) in [5, 5.41) is 10.5. The van der Waals surface area contributed by atoms with Gasteiger partial charge < -0.3 is 14.6 Å². The zero-order chi connectivity index (χ0) is 12.4. The van der Waals surface area contributed by atoms with Crippen molar-refractivity contribution >= 4 is 0 Å². The molecule has 2 fully saturated rings. The van der Waals surface area contributed by atoms with E-state index in [-0.39, 0.29) is 11.5 Å². The molecule has 1 aromatic heterocycles. The number of nitrogens with zero attached hydrogens (tertiary/aromatic N) is 1. The van der Waals surface area contributed by atoms with Crippen LogP contribution in [0.25, 0.3) is 0 Å². The molecule has 1 N–H and O–H groups in total. The van der Waals surface area contributed by atoms with Gasteiger partial charge in [0.1, 0.15) is 0 Å². The van der Waals surface area contributed by atoms with Crippen LogP contribution in [0.1, 0.15) is 30.9 Å². The quantitative estimate of drug-likeness (QED) is 0.866. The number of rotatable bonds is 2. The van der Waals surface area contributed by atoms with Crippen LogP contribution in [-0.4, -0.2) is 35.5 Å². The first-order valence-corrected chi connectivity index (χ1v) is 6.59. The Morgan fingerprint density at radius 3 is 2.89 bits per heavy atom. The molecule has 0 radical (unpaired) electrons. The summed E-state index contributed by atoms with van der Waals surface area (Å²) < 4.78 is 11.3. The van der Waals surface area contributed by atoms with E-state index in [1.54, 1.807) is 12.4 Å². The summed E-state index contributed by atoms with van der Waals surface area (Å²) >= 11 is 0. The average Bonchev–Trinajstić information content (AvgIpc) is 2.87. The van der Waals surface area contributed by atoms with E-state index in [1.807, 2.05) is 12.1 Å². The zero-order valence-corrected chi connectivity index (χ0v) is 10.4. The molecule has 3 heterocycles. The summed E-state index contributed by atoms with van der Waals surface area (Å²) in [6.45, 7) is 2.17. The van der Waals surface area contributed by atoms with Crippen molar-refractivity contribution in [2.45, 2.75) is 31.0 Å². The number of ether oxygens (including phenoxy) is 2. The predicted octanol–water partition coefficient (Wildman–Crippen LogP) is 1.70. The van der Waals surface area contributed by atoms with Crippen molar-refractivity contribution in [3.8, 4) is 0 Å². The lowest BCUT2D eigenvalue weighted by atomic mass is 9.80. The SMILES string of the molecule is OC(c1ccncc1)C1CCOC2(CCOC2)C1. The molecule has 4 heteroatoms. The van der Waals surface area contributed by atoms with Crippen molar-refractivity contribution in [2.24, 2.45) is 5.92 Å². The lowest BCUT2D eigenvalue weighted by molar-refractivity contribution is -0.117. The van der Waals surface area contributed by atoms with Gasteiger partial charge in [-0.05, 0) is 36.5 Å². The first-order chi connectivity index (χ1) is 8.79. The summed E-state index contributed by atoms with van der Waals surface area (Å²) in [5.74, 6) is 0.253. The normalized spacial score (nSPS) is 33.7. The van der Waals surface area contributed by atoms with Crippen LogP contribution in [0.15, 0.2) is 24.5 Å². The summed E-state index contributed by atoms with van der Waals surface area (Å²) in [6, 6.07) is 3.77. The predicted molar refractivity (Wildman–Crippen MR) is 66.0 cm³/mol. The Morgan fingerprint density at radius 2 is 2.17 bits per heavy atom. The first-order valence-electron chi connectivity index (χ1n) is 6.59. The third-order valence-electron chi connectivity index (χ3n) is 4.09. The van der Waals surface area contributed by atoms with Crippen LogP contribution in [0.4, 0.5) is 0 Å². The summed E-state index contributed by atoms with van der Waals surface area (Å²) in [6.07, 6.45) is 5.78. The van der Waals surface area contributed by atoms with Gasteiger partial charge in [-0.3, -0.25) is 4.98 Å². The van der Waals surface area contributed by atoms with Gasteiger partial charge in [-0.2, -0.15) is 0 Å². The van der Waals surface area contributed by atoms with Gasteiger partial charge in [-0.15, -0.1) is 0 Å². The lowest BCUT2D eigenvalue weighted by Crippen LogP contribution is -2.41. The van der Waals surface area contributed by atoms with Gasteiger partial charge >= 0.3 is 0 Å². The molecule has 18 heavy (non-hydrogen) atoms. The van der Waals surface area contributed by atoms with Crippen LogP contribution in [0.5, 0.6) is 0 Å². The van der Waals surface area contributed by atoms with E-state index in [1.165, 1.54) is 0 Å². The molecule has 1 spiro atoms. The Hall–Kier alpha value is -0.970. The average molecular weight is 249 g/mol. The van der Waals surface area contributed by atoms with E-state index in [0.29, 0.717) is 6.61 Å².